The maximum Gasteiger partial charge on any atom is 0.0882 e. The van der Waals surface area contributed by atoms with Crippen molar-refractivity contribution in [2.45, 2.75) is 77.2 Å². The Morgan fingerprint density at radius 1 is 1.04 bits per heavy atom. The van der Waals surface area contributed by atoms with Gasteiger partial charge in [0.25, 0.3) is 0 Å². The average Bonchev–Trinajstić information content (AvgIpc) is 2.91. The van der Waals surface area contributed by atoms with E-state index in [1.807, 2.05) is 0 Å². The van der Waals surface area contributed by atoms with Crippen molar-refractivity contribution >= 4 is 0 Å². The first-order chi connectivity index (χ1) is 11.9. The van der Waals surface area contributed by atoms with E-state index in [1.165, 1.54) is 50.5 Å². The van der Waals surface area contributed by atoms with Gasteiger partial charge >= 0.3 is 0 Å². The van der Waals surface area contributed by atoms with E-state index in [4.69, 9.17) is 4.74 Å². The van der Waals surface area contributed by atoms with Gasteiger partial charge in [-0.15, -0.1) is 0 Å². The summed E-state index contributed by atoms with van der Waals surface area (Å²) in [6.07, 6.45) is 11.5. The minimum atomic E-state index is -0.551. The van der Waals surface area contributed by atoms with E-state index in [1.54, 1.807) is 7.11 Å². The van der Waals surface area contributed by atoms with E-state index < -0.39 is 5.60 Å². The van der Waals surface area contributed by atoms with Gasteiger partial charge in [-0.25, -0.2) is 0 Å². The van der Waals surface area contributed by atoms with Crippen molar-refractivity contribution in [2.24, 2.45) is 40.9 Å². The standard InChI is InChI=1S/C23H38O2/c1-15(2)20-7-8-21-19-6-5-16-13-23(24,14-25-4)12-10-17(16)18(19)9-11-22(20,21)3/h16-21,24H,1,5-14H2,2-4H3/t16?,17?,18?,19?,20?,21?,22?,23-/m1/s1. The molecule has 0 radical (unpaired) electrons. The van der Waals surface area contributed by atoms with Gasteiger partial charge in [-0.1, -0.05) is 19.1 Å². The molecule has 4 fully saturated rings. The van der Waals surface area contributed by atoms with Crippen LogP contribution in [0.25, 0.3) is 0 Å². The summed E-state index contributed by atoms with van der Waals surface area (Å²) in [6, 6.07) is 0. The molecule has 142 valence electrons. The minimum Gasteiger partial charge on any atom is -0.387 e. The van der Waals surface area contributed by atoms with Gasteiger partial charge in [-0.05, 0) is 106 Å². The van der Waals surface area contributed by atoms with Crippen LogP contribution < -0.4 is 0 Å². The fourth-order valence-electron chi connectivity index (χ4n) is 8.17. The third-order valence-corrected chi connectivity index (χ3v) is 9.11. The third kappa shape index (κ3) is 2.83. The molecule has 0 heterocycles. The van der Waals surface area contributed by atoms with Crippen molar-refractivity contribution in [3.05, 3.63) is 12.2 Å². The lowest BCUT2D eigenvalue weighted by molar-refractivity contribution is -0.123. The van der Waals surface area contributed by atoms with Crippen LogP contribution >= 0.6 is 0 Å². The van der Waals surface area contributed by atoms with Crippen LogP contribution in [0.15, 0.2) is 12.2 Å². The normalized spacial score (nSPS) is 52.2. The van der Waals surface area contributed by atoms with Crippen LogP contribution in [0.5, 0.6) is 0 Å². The average molecular weight is 347 g/mol. The number of rotatable bonds is 3. The van der Waals surface area contributed by atoms with Gasteiger partial charge in [-0.2, -0.15) is 0 Å². The maximum absolute atomic E-state index is 10.9. The molecule has 4 saturated carbocycles. The third-order valence-electron chi connectivity index (χ3n) is 9.11. The van der Waals surface area contributed by atoms with E-state index in [-0.39, 0.29) is 0 Å². The predicted molar refractivity (Wildman–Crippen MR) is 102 cm³/mol. The minimum absolute atomic E-state index is 0.519. The lowest BCUT2D eigenvalue weighted by Gasteiger charge is -2.57. The summed E-state index contributed by atoms with van der Waals surface area (Å²) in [5, 5.41) is 10.9. The van der Waals surface area contributed by atoms with Crippen LogP contribution in [-0.2, 0) is 4.74 Å². The second-order valence-corrected chi connectivity index (χ2v) is 10.4. The SMILES string of the molecule is C=C(C)C1CCC2C3CCC4C[C@@](O)(COC)CCC4C3CCC12C. The van der Waals surface area contributed by atoms with Crippen molar-refractivity contribution < 1.29 is 9.84 Å². The number of hydrogen-bond donors (Lipinski definition) is 1. The summed E-state index contributed by atoms with van der Waals surface area (Å²) in [4.78, 5) is 0. The molecule has 7 unspecified atom stereocenters. The Morgan fingerprint density at radius 2 is 1.80 bits per heavy atom. The molecular weight excluding hydrogens is 308 g/mol. The Hall–Kier alpha value is -0.340. The zero-order valence-electron chi connectivity index (χ0n) is 16.6. The van der Waals surface area contributed by atoms with Crippen LogP contribution in [0, 0.1) is 40.9 Å². The Balaban J connectivity index is 1.51. The molecule has 0 aromatic carbocycles. The number of aliphatic hydroxyl groups is 1. The molecule has 0 spiro atoms. The molecule has 0 saturated heterocycles. The second-order valence-electron chi connectivity index (χ2n) is 10.4. The zero-order chi connectivity index (χ0) is 17.8. The quantitative estimate of drug-likeness (QED) is 0.711. The molecule has 0 aliphatic heterocycles. The Labute approximate surface area is 154 Å². The van der Waals surface area contributed by atoms with Crippen LogP contribution in [0.3, 0.4) is 0 Å². The predicted octanol–water partition coefficient (Wildman–Crippen LogP) is 5.21. The Kier molecular flexibility index (Phi) is 4.60. The Bertz CT molecular complexity index is 528. The van der Waals surface area contributed by atoms with Crippen LogP contribution in [-0.4, -0.2) is 24.4 Å². The highest BCUT2D eigenvalue weighted by molar-refractivity contribution is 5.14. The number of fused-ring (bicyclic) bond motifs is 5. The van der Waals surface area contributed by atoms with Gasteiger partial charge in [0.05, 0.1) is 12.2 Å². The van der Waals surface area contributed by atoms with Gasteiger partial charge < -0.3 is 9.84 Å². The van der Waals surface area contributed by atoms with E-state index in [2.05, 4.69) is 20.4 Å². The smallest absolute Gasteiger partial charge is 0.0882 e. The van der Waals surface area contributed by atoms with Gasteiger partial charge in [0.15, 0.2) is 0 Å². The highest BCUT2D eigenvalue weighted by Crippen LogP contribution is 2.65. The summed E-state index contributed by atoms with van der Waals surface area (Å²) >= 11 is 0. The van der Waals surface area contributed by atoms with Crippen molar-refractivity contribution in [1.29, 1.82) is 0 Å². The summed E-state index contributed by atoms with van der Waals surface area (Å²) in [7, 11) is 1.72. The summed E-state index contributed by atoms with van der Waals surface area (Å²) in [5.41, 5.74) is 1.40. The van der Waals surface area contributed by atoms with Crippen molar-refractivity contribution in [3.8, 4) is 0 Å². The monoisotopic (exact) mass is 346 g/mol. The molecule has 0 aromatic rings. The molecular formula is C23H38O2. The first kappa shape index (κ1) is 18.0. The molecule has 2 nitrogen and oxygen atoms in total. The fourth-order valence-corrected chi connectivity index (χ4v) is 8.17. The molecule has 0 amide bonds. The van der Waals surface area contributed by atoms with E-state index >= 15 is 0 Å². The highest BCUT2D eigenvalue weighted by Gasteiger charge is 2.57. The molecule has 4 aliphatic carbocycles. The first-order valence-electron chi connectivity index (χ1n) is 10.7. The summed E-state index contributed by atoms with van der Waals surface area (Å²) in [5.74, 6) is 5.15. The number of hydrogen-bond acceptors (Lipinski definition) is 2. The number of methoxy groups -OCH3 is 1. The lowest BCUT2D eigenvalue weighted by Crippen LogP contribution is -2.51. The molecule has 25 heavy (non-hydrogen) atoms. The Morgan fingerprint density at radius 3 is 2.52 bits per heavy atom. The second kappa shape index (κ2) is 6.37. The van der Waals surface area contributed by atoms with Gasteiger partial charge in [0, 0.05) is 7.11 Å². The molecule has 4 rings (SSSR count). The molecule has 4 aliphatic rings. The van der Waals surface area contributed by atoms with E-state index in [0.29, 0.717) is 12.0 Å². The van der Waals surface area contributed by atoms with E-state index in [0.717, 1.165) is 48.3 Å². The topological polar surface area (TPSA) is 29.5 Å². The lowest BCUT2D eigenvalue weighted by atomic mass is 9.49. The molecule has 2 heteroatoms. The largest absolute Gasteiger partial charge is 0.387 e. The van der Waals surface area contributed by atoms with Crippen molar-refractivity contribution in [3.63, 3.8) is 0 Å². The highest BCUT2D eigenvalue weighted by atomic mass is 16.5. The molecule has 8 atom stereocenters. The van der Waals surface area contributed by atoms with Crippen LogP contribution in [0.4, 0.5) is 0 Å². The molecule has 1 N–H and O–H groups in total. The van der Waals surface area contributed by atoms with Crippen LogP contribution in [0.1, 0.15) is 71.6 Å². The summed E-state index contributed by atoms with van der Waals surface area (Å²) < 4.78 is 5.32. The van der Waals surface area contributed by atoms with Gasteiger partial charge in [0.2, 0.25) is 0 Å². The molecule has 0 aromatic heterocycles. The zero-order valence-corrected chi connectivity index (χ0v) is 16.6. The van der Waals surface area contributed by atoms with Crippen molar-refractivity contribution in [2.75, 3.05) is 13.7 Å². The number of ether oxygens (including phenoxy) is 1. The van der Waals surface area contributed by atoms with Crippen molar-refractivity contribution in [1.82, 2.24) is 0 Å². The maximum atomic E-state index is 10.9. The van der Waals surface area contributed by atoms with E-state index in [9.17, 15) is 5.11 Å². The fraction of sp³-hybridized carbons (Fsp3) is 0.913. The van der Waals surface area contributed by atoms with Crippen LogP contribution in [0.2, 0.25) is 0 Å². The first-order valence-corrected chi connectivity index (χ1v) is 10.7. The number of allylic oxidation sites excluding steroid dienone is 1. The van der Waals surface area contributed by atoms with Gasteiger partial charge in [-0.3, -0.25) is 0 Å². The molecule has 0 bridgehead atoms. The summed E-state index contributed by atoms with van der Waals surface area (Å²) in [6.45, 7) is 9.71. The van der Waals surface area contributed by atoms with Gasteiger partial charge in [0.1, 0.15) is 0 Å².